The first-order valence-corrected chi connectivity index (χ1v) is 11.0. The highest BCUT2D eigenvalue weighted by molar-refractivity contribution is 9.10. The Bertz CT molecular complexity index is 691. The van der Waals surface area contributed by atoms with Gasteiger partial charge in [0.25, 0.3) is 0 Å². The van der Waals surface area contributed by atoms with E-state index in [1.54, 1.807) is 38.4 Å². The highest BCUT2D eigenvalue weighted by Gasteiger charge is 2.20. The molecule has 2 unspecified atom stereocenters. The van der Waals surface area contributed by atoms with E-state index in [4.69, 9.17) is 0 Å². The van der Waals surface area contributed by atoms with Crippen LogP contribution in [0.2, 0.25) is 0 Å². The molecule has 4 nitrogen and oxygen atoms in total. The molecule has 0 aromatic carbocycles. The van der Waals surface area contributed by atoms with E-state index in [-0.39, 0.29) is 21.2 Å². The zero-order chi connectivity index (χ0) is 17.7. The molecule has 24 heavy (non-hydrogen) atoms. The van der Waals surface area contributed by atoms with Crippen LogP contribution in [-0.2, 0) is 0 Å². The standard InChI is InChI=1S/C16H14Br2N2O2S2/c1-9(17)15(21)13-11(5-3-7-19-13)23-24-12-6-4-8-20-14(12)16(22)10(2)18/h3-10H,1-2H3. The number of aromatic nitrogens is 2. The monoisotopic (exact) mass is 488 g/mol. The minimum Gasteiger partial charge on any atom is -0.291 e. The average molecular weight is 490 g/mol. The van der Waals surface area contributed by atoms with Crippen LogP contribution in [-0.4, -0.2) is 31.2 Å². The molecule has 0 saturated heterocycles. The lowest BCUT2D eigenvalue weighted by molar-refractivity contribution is 0.0980. The van der Waals surface area contributed by atoms with Crippen molar-refractivity contribution in [3.8, 4) is 0 Å². The predicted octanol–water partition coefficient (Wildman–Crippen LogP) is 5.21. The minimum absolute atomic E-state index is 0.0738. The van der Waals surface area contributed by atoms with Gasteiger partial charge in [0.2, 0.25) is 0 Å². The van der Waals surface area contributed by atoms with Gasteiger partial charge in [0.1, 0.15) is 11.4 Å². The van der Waals surface area contributed by atoms with E-state index in [1.807, 2.05) is 12.1 Å². The van der Waals surface area contributed by atoms with Crippen molar-refractivity contribution in [3.63, 3.8) is 0 Å². The summed E-state index contributed by atoms with van der Waals surface area (Å²) < 4.78 is 0. The molecule has 0 N–H and O–H groups in total. The summed E-state index contributed by atoms with van der Waals surface area (Å²) in [5.74, 6) is -0.148. The summed E-state index contributed by atoms with van der Waals surface area (Å²) in [6, 6.07) is 7.26. The third kappa shape index (κ3) is 4.91. The number of nitrogens with zero attached hydrogens (tertiary/aromatic N) is 2. The fourth-order valence-corrected chi connectivity index (χ4v) is 4.44. The molecule has 0 bridgehead atoms. The molecule has 2 atom stereocenters. The molecule has 2 aromatic heterocycles. The quantitative estimate of drug-likeness (QED) is 0.302. The molecule has 0 amide bonds. The van der Waals surface area contributed by atoms with Gasteiger partial charge in [-0.3, -0.25) is 19.6 Å². The molecule has 0 spiro atoms. The summed E-state index contributed by atoms with van der Waals surface area (Å²) in [6.07, 6.45) is 3.20. The lowest BCUT2D eigenvalue weighted by Crippen LogP contribution is -2.13. The Labute approximate surface area is 165 Å². The van der Waals surface area contributed by atoms with E-state index in [2.05, 4.69) is 41.8 Å². The van der Waals surface area contributed by atoms with Crippen LogP contribution in [0.25, 0.3) is 0 Å². The van der Waals surface area contributed by atoms with Crippen molar-refractivity contribution >= 4 is 65.0 Å². The van der Waals surface area contributed by atoms with Crippen LogP contribution in [0.1, 0.15) is 34.8 Å². The second-order valence-electron chi connectivity index (χ2n) is 4.83. The van der Waals surface area contributed by atoms with Crippen molar-refractivity contribution in [2.75, 3.05) is 0 Å². The number of halogens is 2. The molecule has 2 aromatic rings. The van der Waals surface area contributed by atoms with Crippen molar-refractivity contribution in [1.29, 1.82) is 0 Å². The zero-order valence-electron chi connectivity index (χ0n) is 12.9. The molecule has 0 radical (unpaired) electrons. The van der Waals surface area contributed by atoms with Crippen molar-refractivity contribution in [1.82, 2.24) is 9.97 Å². The molecule has 0 aliphatic rings. The highest BCUT2D eigenvalue weighted by Crippen LogP contribution is 2.40. The first-order chi connectivity index (χ1) is 11.4. The fraction of sp³-hybridized carbons (Fsp3) is 0.250. The van der Waals surface area contributed by atoms with Crippen LogP contribution in [0.4, 0.5) is 0 Å². The highest BCUT2D eigenvalue weighted by atomic mass is 79.9. The number of ketones is 2. The average Bonchev–Trinajstić information content (AvgIpc) is 2.59. The van der Waals surface area contributed by atoms with E-state index < -0.39 is 0 Å². The number of hydrogen-bond acceptors (Lipinski definition) is 6. The molecule has 2 heterocycles. The molecule has 0 aliphatic carbocycles. The Morgan fingerprint density at radius 3 is 1.58 bits per heavy atom. The van der Waals surface area contributed by atoms with Crippen molar-refractivity contribution < 1.29 is 9.59 Å². The molecule has 0 saturated carbocycles. The summed E-state index contributed by atoms with van der Waals surface area (Å²) in [5.41, 5.74) is 0.843. The summed E-state index contributed by atoms with van der Waals surface area (Å²) >= 11 is 6.58. The smallest absolute Gasteiger partial charge is 0.195 e. The zero-order valence-corrected chi connectivity index (χ0v) is 17.7. The molecule has 8 heteroatoms. The number of carbonyl (C=O) groups excluding carboxylic acids is 2. The molecular formula is C16H14Br2N2O2S2. The maximum absolute atomic E-state index is 12.2. The number of rotatable bonds is 7. The Balaban J connectivity index is 2.24. The van der Waals surface area contributed by atoms with Crippen LogP contribution in [0, 0.1) is 0 Å². The van der Waals surface area contributed by atoms with Gasteiger partial charge in [-0.05, 0) is 38.1 Å². The van der Waals surface area contributed by atoms with Gasteiger partial charge in [0.05, 0.1) is 9.65 Å². The number of hydrogen-bond donors (Lipinski definition) is 0. The number of Topliss-reactive ketones (excluding diaryl/α,β-unsaturated/α-hetero) is 2. The van der Waals surface area contributed by atoms with Gasteiger partial charge in [-0.15, -0.1) is 0 Å². The largest absolute Gasteiger partial charge is 0.291 e. The Kier molecular flexibility index (Phi) is 7.46. The van der Waals surface area contributed by atoms with Crippen LogP contribution in [0.5, 0.6) is 0 Å². The third-order valence-corrected chi connectivity index (χ3v) is 6.21. The van der Waals surface area contributed by atoms with E-state index in [0.717, 1.165) is 9.79 Å². The van der Waals surface area contributed by atoms with E-state index in [0.29, 0.717) is 11.4 Å². The van der Waals surface area contributed by atoms with Crippen molar-refractivity contribution in [2.24, 2.45) is 0 Å². The Morgan fingerprint density at radius 1 is 0.875 bits per heavy atom. The molecular weight excluding hydrogens is 476 g/mol. The van der Waals surface area contributed by atoms with E-state index in [1.165, 1.54) is 21.6 Å². The maximum atomic E-state index is 12.2. The maximum Gasteiger partial charge on any atom is 0.195 e. The Morgan fingerprint density at radius 2 is 1.25 bits per heavy atom. The van der Waals surface area contributed by atoms with Crippen LogP contribution in [0.3, 0.4) is 0 Å². The van der Waals surface area contributed by atoms with Gasteiger partial charge in [0, 0.05) is 22.2 Å². The normalized spacial score (nSPS) is 13.3. The number of alkyl halides is 2. The SMILES string of the molecule is CC(Br)C(=O)c1ncccc1SSc1cccnc1C(=O)C(C)Br. The predicted molar refractivity (Wildman–Crippen MR) is 106 cm³/mol. The van der Waals surface area contributed by atoms with Crippen LogP contribution >= 0.6 is 53.4 Å². The fourth-order valence-electron chi connectivity index (χ4n) is 1.75. The van der Waals surface area contributed by atoms with Gasteiger partial charge < -0.3 is 0 Å². The lowest BCUT2D eigenvalue weighted by atomic mass is 10.2. The van der Waals surface area contributed by atoms with Gasteiger partial charge in [-0.2, -0.15) is 0 Å². The van der Waals surface area contributed by atoms with Gasteiger partial charge >= 0.3 is 0 Å². The third-order valence-electron chi connectivity index (χ3n) is 2.95. The lowest BCUT2D eigenvalue weighted by Gasteiger charge is -2.10. The van der Waals surface area contributed by atoms with Crippen LogP contribution in [0.15, 0.2) is 46.5 Å². The summed E-state index contributed by atoms with van der Waals surface area (Å²) in [5, 5.41) is 0. The molecule has 0 aliphatic heterocycles. The molecule has 2 rings (SSSR count). The first kappa shape index (κ1) is 19.6. The van der Waals surface area contributed by atoms with Gasteiger partial charge in [-0.25, -0.2) is 0 Å². The number of carbonyl (C=O) groups is 2. The van der Waals surface area contributed by atoms with Crippen LogP contribution < -0.4 is 0 Å². The Hall–Kier alpha value is -0.700. The topological polar surface area (TPSA) is 59.9 Å². The van der Waals surface area contributed by atoms with E-state index >= 15 is 0 Å². The van der Waals surface area contributed by atoms with Crippen molar-refractivity contribution in [2.45, 2.75) is 33.3 Å². The second-order valence-corrected chi connectivity index (χ2v) is 9.79. The van der Waals surface area contributed by atoms with Gasteiger partial charge in [0.15, 0.2) is 11.6 Å². The number of pyridine rings is 2. The first-order valence-electron chi connectivity index (χ1n) is 7.03. The van der Waals surface area contributed by atoms with Gasteiger partial charge in [-0.1, -0.05) is 53.4 Å². The summed E-state index contributed by atoms with van der Waals surface area (Å²) in [7, 11) is 2.79. The molecule has 0 fully saturated rings. The minimum atomic E-state index is -0.304. The molecule has 126 valence electrons. The summed E-state index contributed by atoms with van der Waals surface area (Å²) in [6.45, 7) is 3.54. The summed E-state index contributed by atoms with van der Waals surface area (Å²) in [4.78, 5) is 33.8. The van der Waals surface area contributed by atoms with Crippen molar-refractivity contribution in [3.05, 3.63) is 48.0 Å². The van der Waals surface area contributed by atoms with E-state index in [9.17, 15) is 9.59 Å². The second kappa shape index (κ2) is 9.12.